The molecule has 33 heavy (non-hydrogen) atoms. The Bertz CT molecular complexity index is 1270. The van der Waals surface area contributed by atoms with Crippen LogP contribution in [0.2, 0.25) is 0 Å². The van der Waals surface area contributed by atoms with Crippen LogP contribution >= 0.6 is 0 Å². The third-order valence-corrected chi connectivity index (χ3v) is 5.65. The van der Waals surface area contributed by atoms with Gasteiger partial charge in [0.2, 0.25) is 5.95 Å². The van der Waals surface area contributed by atoms with Crippen molar-refractivity contribution in [3.63, 3.8) is 0 Å². The number of para-hydroxylation sites is 1. The lowest BCUT2D eigenvalue weighted by molar-refractivity contribution is -0.138. The van der Waals surface area contributed by atoms with Crippen LogP contribution in [0.25, 0.3) is 16.7 Å². The number of rotatable bonds is 4. The minimum atomic E-state index is -4.63. The van der Waals surface area contributed by atoms with Crippen molar-refractivity contribution in [1.82, 2.24) is 19.7 Å². The van der Waals surface area contributed by atoms with Gasteiger partial charge in [-0.15, -0.1) is 0 Å². The fourth-order valence-electron chi connectivity index (χ4n) is 3.85. The third kappa shape index (κ3) is 4.09. The van der Waals surface area contributed by atoms with Crippen LogP contribution < -0.4 is 9.80 Å². The quantitative estimate of drug-likeness (QED) is 0.455. The highest BCUT2D eigenvalue weighted by Crippen LogP contribution is 2.35. The van der Waals surface area contributed by atoms with Gasteiger partial charge in [0.25, 0.3) is 0 Å². The maximum absolute atomic E-state index is 13.8. The molecule has 5 rings (SSSR count). The van der Waals surface area contributed by atoms with Crippen molar-refractivity contribution in [3.8, 4) is 5.82 Å². The number of anilines is 3. The Kier molecular flexibility index (Phi) is 5.37. The van der Waals surface area contributed by atoms with Gasteiger partial charge in [-0.3, -0.25) is 0 Å². The third-order valence-electron chi connectivity index (χ3n) is 5.65. The summed E-state index contributed by atoms with van der Waals surface area (Å²) in [4.78, 5) is 12.2. The van der Waals surface area contributed by atoms with Crippen LogP contribution in [0.1, 0.15) is 5.56 Å². The summed E-state index contributed by atoms with van der Waals surface area (Å²) in [6.07, 6.45) is -2.29. The molecule has 0 radical (unpaired) electrons. The van der Waals surface area contributed by atoms with E-state index in [0.29, 0.717) is 18.7 Å². The van der Waals surface area contributed by atoms with Crippen molar-refractivity contribution in [2.24, 2.45) is 0 Å². The first-order valence-corrected chi connectivity index (χ1v) is 10.5. The fourth-order valence-corrected chi connectivity index (χ4v) is 3.85. The lowest BCUT2D eigenvalue weighted by Crippen LogP contribution is -2.36. The summed E-state index contributed by atoms with van der Waals surface area (Å²) < 4.78 is 47.9. The number of benzene rings is 2. The summed E-state index contributed by atoms with van der Waals surface area (Å²) in [6, 6.07) is 14.8. The molecular weight excluding hydrogens is 433 g/mol. The Balaban J connectivity index is 1.51. The van der Waals surface area contributed by atoms with E-state index in [-0.39, 0.29) is 11.8 Å². The average molecular weight is 454 g/mol. The molecule has 1 saturated heterocycles. The molecular formula is C23H21F3N6O. The van der Waals surface area contributed by atoms with E-state index in [1.54, 1.807) is 36.2 Å². The van der Waals surface area contributed by atoms with Crippen molar-refractivity contribution in [3.05, 3.63) is 66.5 Å². The Labute approximate surface area is 188 Å². The van der Waals surface area contributed by atoms with Gasteiger partial charge in [0, 0.05) is 43.1 Å². The molecule has 3 heterocycles. The molecule has 1 aliphatic heterocycles. The van der Waals surface area contributed by atoms with Gasteiger partial charge in [0.05, 0.1) is 24.9 Å². The van der Waals surface area contributed by atoms with Gasteiger partial charge in [-0.2, -0.15) is 23.3 Å². The average Bonchev–Trinajstić information content (AvgIpc) is 3.27. The second-order valence-electron chi connectivity index (χ2n) is 7.70. The number of ether oxygens (including phenoxy) is 1. The molecule has 7 nitrogen and oxygen atoms in total. The largest absolute Gasteiger partial charge is 0.421 e. The van der Waals surface area contributed by atoms with E-state index in [0.717, 1.165) is 36.0 Å². The standard InChI is InChI=1S/C23H21F3N6O/c1-30(17-6-8-18(9-7-17)31-10-12-33-13-11-31)22-27-15-19(23(24,25)26)21(29-22)32-20-5-3-2-4-16(20)14-28-32/h2-9,14-15H,10-13H2,1H3. The topological polar surface area (TPSA) is 59.3 Å². The van der Waals surface area contributed by atoms with Crippen LogP contribution in [0.3, 0.4) is 0 Å². The van der Waals surface area contributed by atoms with E-state index in [4.69, 9.17) is 4.74 Å². The van der Waals surface area contributed by atoms with Crippen molar-refractivity contribution in [2.75, 3.05) is 43.2 Å². The van der Waals surface area contributed by atoms with E-state index in [1.165, 1.54) is 10.9 Å². The molecule has 0 spiro atoms. The highest BCUT2D eigenvalue weighted by molar-refractivity contribution is 5.80. The van der Waals surface area contributed by atoms with Gasteiger partial charge in [-0.1, -0.05) is 18.2 Å². The van der Waals surface area contributed by atoms with Gasteiger partial charge < -0.3 is 14.5 Å². The van der Waals surface area contributed by atoms with Gasteiger partial charge in [0.1, 0.15) is 5.56 Å². The summed E-state index contributed by atoms with van der Waals surface area (Å²) >= 11 is 0. The summed E-state index contributed by atoms with van der Waals surface area (Å²) in [6.45, 7) is 3.01. The van der Waals surface area contributed by atoms with E-state index >= 15 is 0 Å². The fraction of sp³-hybridized carbons (Fsp3) is 0.261. The second-order valence-corrected chi connectivity index (χ2v) is 7.70. The van der Waals surface area contributed by atoms with Crippen molar-refractivity contribution in [2.45, 2.75) is 6.18 Å². The van der Waals surface area contributed by atoms with Crippen LogP contribution in [-0.2, 0) is 10.9 Å². The predicted octanol–water partition coefficient (Wildman–Crippen LogP) is 4.44. The monoisotopic (exact) mass is 454 g/mol. The molecule has 0 saturated carbocycles. The Morgan fingerprint density at radius 2 is 1.70 bits per heavy atom. The van der Waals surface area contributed by atoms with E-state index in [1.807, 2.05) is 24.3 Å². The summed E-state index contributed by atoms with van der Waals surface area (Å²) in [7, 11) is 1.72. The number of hydrogen-bond acceptors (Lipinski definition) is 6. The number of nitrogens with zero attached hydrogens (tertiary/aromatic N) is 6. The first-order chi connectivity index (χ1) is 15.9. The molecule has 4 aromatic rings. The van der Waals surface area contributed by atoms with Gasteiger partial charge in [-0.05, 0) is 30.3 Å². The van der Waals surface area contributed by atoms with Crippen LogP contribution in [0, 0.1) is 0 Å². The first kappa shape index (κ1) is 21.2. The highest BCUT2D eigenvalue weighted by atomic mass is 19.4. The number of fused-ring (bicyclic) bond motifs is 1. The molecule has 0 bridgehead atoms. The zero-order valence-electron chi connectivity index (χ0n) is 17.8. The van der Waals surface area contributed by atoms with Crippen LogP contribution in [0.4, 0.5) is 30.5 Å². The van der Waals surface area contributed by atoms with E-state index < -0.39 is 11.7 Å². The van der Waals surface area contributed by atoms with Crippen molar-refractivity contribution in [1.29, 1.82) is 0 Å². The minimum Gasteiger partial charge on any atom is -0.378 e. The smallest absolute Gasteiger partial charge is 0.378 e. The number of aromatic nitrogens is 4. The Morgan fingerprint density at radius 1 is 0.970 bits per heavy atom. The van der Waals surface area contributed by atoms with Crippen molar-refractivity contribution >= 4 is 28.2 Å². The highest BCUT2D eigenvalue weighted by Gasteiger charge is 2.36. The summed E-state index contributed by atoms with van der Waals surface area (Å²) in [5.41, 5.74) is 1.40. The van der Waals surface area contributed by atoms with E-state index in [2.05, 4.69) is 20.0 Å². The lowest BCUT2D eigenvalue weighted by atomic mass is 10.2. The van der Waals surface area contributed by atoms with E-state index in [9.17, 15) is 13.2 Å². The molecule has 0 unspecified atom stereocenters. The number of hydrogen-bond donors (Lipinski definition) is 0. The number of alkyl halides is 3. The molecule has 1 aliphatic rings. The zero-order chi connectivity index (χ0) is 23.0. The normalized spacial score (nSPS) is 14.6. The first-order valence-electron chi connectivity index (χ1n) is 10.5. The maximum Gasteiger partial charge on any atom is 0.421 e. The SMILES string of the molecule is CN(c1ccc(N2CCOCC2)cc1)c1ncc(C(F)(F)F)c(-n2ncc3ccccc32)n1. The molecule has 0 aliphatic carbocycles. The lowest BCUT2D eigenvalue weighted by Gasteiger charge is -2.29. The van der Waals surface area contributed by atoms with Gasteiger partial charge in [0.15, 0.2) is 5.82 Å². The Morgan fingerprint density at radius 3 is 2.42 bits per heavy atom. The second kappa shape index (κ2) is 8.36. The summed E-state index contributed by atoms with van der Waals surface area (Å²) in [5.74, 6) is -0.179. The molecule has 170 valence electrons. The van der Waals surface area contributed by atoms with Crippen LogP contribution in [0.5, 0.6) is 0 Å². The van der Waals surface area contributed by atoms with Crippen molar-refractivity contribution < 1.29 is 17.9 Å². The number of morpholine rings is 1. The molecule has 1 fully saturated rings. The number of halogens is 3. The molecule has 10 heteroatoms. The van der Waals surface area contributed by atoms with Gasteiger partial charge in [-0.25, -0.2) is 9.67 Å². The molecule has 0 amide bonds. The molecule has 0 N–H and O–H groups in total. The van der Waals surface area contributed by atoms with Gasteiger partial charge >= 0.3 is 6.18 Å². The molecule has 2 aromatic carbocycles. The van der Waals surface area contributed by atoms with Crippen LogP contribution in [-0.4, -0.2) is 53.1 Å². The Hall–Kier alpha value is -3.66. The molecule has 2 aromatic heterocycles. The molecule has 0 atom stereocenters. The zero-order valence-corrected chi connectivity index (χ0v) is 17.8. The summed E-state index contributed by atoms with van der Waals surface area (Å²) in [5, 5.41) is 4.89. The predicted molar refractivity (Wildman–Crippen MR) is 119 cm³/mol. The van der Waals surface area contributed by atoms with Crippen LogP contribution in [0.15, 0.2) is 60.9 Å². The maximum atomic E-state index is 13.8. The minimum absolute atomic E-state index is 0.136.